The largest absolute Gasteiger partial charge is 0.393 e. The lowest BCUT2D eigenvalue weighted by Gasteiger charge is -2.26. The maximum absolute atomic E-state index is 11.0. The van der Waals surface area contributed by atoms with Crippen molar-refractivity contribution in [2.24, 2.45) is 5.92 Å². The van der Waals surface area contributed by atoms with Gasteiger partial charge in [-0.15, -0.1) is 0 Å². The number of aliphatic hydroxyl groups excluding tert-OH is 1. The number of pyridine rings is 1. The molecule has 0 aliphatic heterocycles. The number of nitrogens with zero attached hydrogens (tertiary/aromatic N) is 2. The first-order valence-corrected chi connectivity index (χ1v) is 6.60. The molecule has 2 rings (SSSR count). The molecule has 1 saturated carbocycles. The zero-order chi connectivity index (χ0) is 13.8. The summed E-state index contributed by atoms with van der Waals surface area (Å²) in [5, 5.41) is 23.7. The monoisotopic (exact) mass is 265 g/mol. The smallest absolute Gasteiger partial charge is 0.314 e. The van der Waals surface area contributed by atoms with Crippen molar-refractivity contribution in [3.05, 3.63) is 27.9 Å². The SMILES string of the molecule is Cc1ccnc(NCC2CCCC(O)C2)c1[N+](=O)[O-]. The van der Waals surface area contributed by atoms with Crippen molar-refractivity contribution in [1.82, 2.24) is 4.98 Å². The van der Waals surface area contributed by atoms with E-state index in [0.717, 1.165) is 25.7 Å². The summed E-state index contributed by atoms with van der Waals surface area (Å²) in [7, 11) is 0. The second-order valence-electron chi connectivity index (χ2n) is 5.15. The van der Waals surface area contributed by atoms with Gasteiger partial charge in [-0.3, -0.25) is 10.1 Å². The summed E-state index contributed by atoms with van der Waals surface area (Å²) in [6.45, 7) is 2.32. The van der Waals surface area contributed by atoms with Crippen LogP contribution in [0.25, 0.3) is 0 Å². The second kappa shape index (κ2) is 5.97. The van der Waals surface area contributed by atoms with Crippen LogP contribution in [0.15, 0.2) is 12.3 Å². The third kappa shape index (κ3) is 3.41. The Kier molecular flexibility index (Phi) is 4.31. The van der Waals surface area contributed by atoms with Crippen LogP contribution >= 0.6 is 0 Å². The van der Waals surface area contributed by atoms with Crippen LogP contribution in [-0.2, 0) is 0 Å². The fourth-order valence-electron chi connectivity index (χ4n) is 2.60. The average molecular weight is 265 g/mol. The van der Waals surface area contributed by atoms with E-state index < -0.39 is 4.92 Å². The van der Waals surface area contributed by atoms with Crippen molar-refractivity contribution < 1.29 is 10.0 Å². The van der Waals surface area contributed by atoms with Crippen molar-refractivity contribution in [2.75, 3.05) is 11.9 Å². The predicted molar refractivity (Wildman–Crippen MR) is 72.1 cm³/mol. The van der Waals surface area contributed by atoms with E-state index in [4.69, 9.17) is 0 Å². The van der Waals surface area contributed by atoms with E-state index in [-0.39, 0.29) is 11.8 Å². The van der Waals surface area contributed by atoms with Gasteiger partial charge in [0.1, 0.15) is 0 Å². The maximum atomic E-state index is 11.0. The third-order valence-electron chi connectivity index (χ3n) is 3.62. The average Bonchev–Trinajstić information content (AvgIpc) is 2.36. The van der Waals surface area contributed by atoms with Gasteiger partial charge in [0.05, 0.1) is 11.0 Å². The zero-order valence-electron chi connectivity index (χ0n) is 11.0. The molecule has 0 amide bonds. The minimum absolute atomic E-state index is 0.0406. The standard InChI is InChI=1S/C13H19N3O3/c1-9-5-6-14-13(12(9)16(18)19)15-8-10-3-2-4-11(17)7-10/h5-6,10-11,17H,2-4,7-8H2,1H3,(H,14,15). The lowest BCUT2D eigenvalue weighted by atomic mass is 9.87. The van der Waals surface area contributed by atoms with Gasteiger partial charge in [0.25, 0.3) is 0 Å². The quantitative estimate of drug-likeness (QED) is 0.644. The highest BCUT2D eigenvalue weighted by Crippen LogP contribution is 2.28. The molecule has 0 saturated heterocycles. The molecule has 0 radical (unpaired) electrons. The molecule has 2 N–H and O–H groups in total. The number of anilines is 1. The Morgan fingerprint density at radius 1 is 1.58 bits per heavy atom. The van der Waals surface area contributed by atoms with Crippen LogP contribution in [0.2, 0.25) is 0 Å². The molecule has 6 heteroatoms. The molecule has 104 valence electrons. The summed E-state index contributed by atoms with van der Waals surface area (Å²) in [6, 6.07) is 1.63. The van der Waals surface area contributed by atoms with Gasteiger partial charge in [-0.1, -0.05) is 6.42 Å². The summed E-state index contributed by atoms with van der Waals surface area (Å²) < 4.78 is 0. The highest BCUT2D eigenvalue weighted by atomic mass is 16.6. The Labute approximate surface area is 112 Å². The number of hydrogen-bond acceptors (Lipinski definition) is 5. The molecular formula is C13H19N3O3. The van der Waals surface area contributed by atoms with Gasteiger partial charge in [-0.05, 0) is 38.2 Å². The Morgan fingerprint density at radius 3 is 3.05 bits per heavy atom. The minimum Gasteiger partial charge on any atom is -0.393 e. The molecule has 1 aromatic rings. The number of aromatic nitrogens is 1. The number of nitro groups is 1. The van der Waals surface area contributed by atoms with E-state index in [1.807, 2.05) is 0 Å². The summed E-state index contributed by atoms with van der Waals surface area (Å²) >= 11 is 0. The van der Waals surface area contributed by atoms with Crippen LogP contribution in [0.5, 0.6) is 0 Å². The van der Waals surface area contributed by atoms with Crippen molar-refractivity contribution in [3.63, 3.8) is 0 Å². The fraction of sp³-hybridized carbons (Fsp3) is 0.615. The minimum atomic E-state index is -0.402. The lowest BCUT2D eigenvalue weighted by molar-refractivity contribution is -0.384. The zero-order valence-corrected chi connectivity index (χ0v) is 11.0. The van der Waals surface area contributed by atoms with E-state index in [1.165, 1.54) is 0 Å². The van der Waals surface area contributed by atoms with Gasteiger partial charge in [0.15, 0.2) is 0 Å². The lowest BCUT2D eigenvalue weighted by Crippen LogP contribution is -2.25. The summed E-state index contributed by atoms with van der Waals surface area (Å²) in [4.78, 5) is 14.7. The molecule has 19 heavy (non-hydrogen) atoms. The summed E-state index contributed by atoms with van der Waals surface area (Å²) in [5.41, 5.74) is 0.644. The molecule has 1 aliphatic carbocycles. The number of hydrogen-bond donors (Lipinski definition) is 2. The topological polar surface area (TPSA) is 88.3 Å². The van der Waals surface area contributed by atoms with Gasteiger partial charge >= 0.3 is 5.69 Å². The van der Waals surface area contributed by atoms with E-state index in [2.05, 4.69) is 10.3 Å². The maximum Gasteiger partial charge on any atom is 0.314 e. The van der Waals surface area contributed by atoms with E-state index in [9.17, 15) is 15.2 Å². The molecule has 6 nitrogen and oxygen atoms in total. The van der Waals surface area contributed by atoms with Crippen LogP contribution in [0.4, 0.5) is 11.5 Å². The molecule has 1 aromatic heterocycles. The van der Waals surface area contributed by atoms with Crippen molar-refractivity contribution in [3.8, 4) is 0 Å². The molecule has 2 unspecified atom stereocenters. The number of aliphatic hydroxyl groups is 1. The first kappa shape index (κ1) is 13.7. The predicted octanol–water partition coefficient (Wildman–Crippen LogP) is 2.26. The number of rotatable bonds is 4. The first-order valence-electron chi connectivity index (χ1n) is 6.60. The number of nitrogens with one attached hydrogen (secondary N) is 1. The van der Waals surface area contributed by atoms with Crippen LogP contribution in [0, 0.1) is 23.0 Å². The Morgan fingerprint density at radius 2 is 2.37 bits per heavy atom. The van der Waals surface area contributed by atoms with Gasteiger partial charge < -0.3 is 10.4 Å². The van der Waals surface area contributed by atoms with Crippen LogP contribution in [0.1, 0.15) is 31.2 Å². The molecule has 1 heterocycles. The molecule has 1 fully saturated rings. The Hall–Kier alpha value is -1.69. The van der Waals surface area contributed by atoms with Gasteiger partial charge in [0, 0.05) is 18.3 Å². The molecular weight excluding hydrogens is 246 g/mol. The van der Waals surface area contributed by atoms with E-state index >= 15 is 0 Å². The molecule has 2 atom stereocenters. The molecule has 0 aromatic carbocycles. The second-order valence-corrected chi connectivity index (χ2v) is 5.15. The normalized spacial score (nSPS) is 23.1. The van der Waals surface area contributed by atoms with Gasteiger partial charge in [-0.25, -0.2) is 4.98 Å². The molecule has 0 bridgehead atoms. The first-order chi connectivity index (χ1) is 9.08. The highest BCUT2D eigenvalue weighted by Gasteiger charge is 2.22. The third-order valence-corrected chi connectivity index (χ3v) is 3.62. The Balaban J connectivity index is 2.03. The van der Waals surface area contributed by atoms with Crippen LogP contribution < -0.4 is 5.32 Å². The highest BCUT2D eigenvalue weighted by molar-refractivity contribution is 5.59. The van der Waals surface area contributed by atoms with Crippen molar-refractivity contribution >= 4 is 11.5 Å². The van der Waals surface area contributed by atoms with Gasteiger partial charge in [0.2, 0.25) is 5.82 Å². The fourth-order valence-corrected chi connectivity index (χ4v) is 2.60. The van der Waals surface area contributed by atoms with E-state index in [1.54, 1.807) is 19.2 Å². The summed E-state index contributed by atoms with van der Waals surface area (Å²) in [5.74, 6) is 0.677. The number of aryl methyl sites for hydroxylation is 1. The Bertz CT molecular complexity index is 464. The van der Waals surface area contributed by atoms with Crippen molar-refractivity contribution in [2.45, 2.75) is 38.7 Å². The van der Waals surface area contributed by atoms with Gasteiger partial charge in [-0.2, -0.15) is 0 Å². The van der Waals surface area contributed by atoms with Crippen LogP contribution in [0.3, 0.4) is 0 Å². The van der Waals surface area contributed by atoms with Crippen molar-refractivity contribution in [1.29, 1.82) is 0 Å². The summed E-state index contributed by atoms with van der Waals surface area (Å²) in [6.07, 6.45) is 5.01. The van der Waals surface area contributed by atoms with E-state index in [0.29, 0.717) is 23.8 Å². The molecule has 0 spiro atoms. The van der Waals surface area contributed by atoms with Crippen LogP contribution in [-0.4, -0.2) is 27.7 Å². The molecule has 1 aliphatic rings.